The van der Waals surface area contributed by atoms with Crippen molar-refractivity contribution in [3.05, 3.63) is 53.4 Å². The predicted octanol–water partition coefficient (Wildman–Crippen LogP) is 2.19. The summed E-state index contributed by atoms with van der Waals surface area (Å²) in [4.78, 5) is 2.40. The number of thiophene rings is 1. The number of fused-ring (bicyclic) bond motifs is 1. The number of ether oxygens (including phenoxy) is 1. The quantitative estimate of drug-likeness (QED) is 0.838. The predicted molar refractivity (Wildman–Crippen MR) is 93.6 cm³/mol. The molecule has 0 radical (unpaired) electrons. The molecule has 24 heavy (non-hydrogen) atoms. The van der Waals surface area contributed by atoms with Crippen LogP contribution < -0.4 is 0 Å². The molecule has 2 saturated heterocycles. The maximum Gasteiger partial charge on any atom is 0.252 e. The lowest BCUT2D eigenvalue weighted by Gasteiger charge is -2.47. The number of nitrogens with zero attached hydrogens (tertiary/aromatic N) is 2. The van der Waals surface area contributed by atoms with Gasteiger partial charge in [0.05, 0.1) is 19.3 Å². The third kappa shape index (κ3) is 2.91. The van der Waals surface area contributed by atoms with E-state index in [9.17, 15) is 8.42 Å². The number of hydrogen-bond donors (Lipinski definition) is 0. The second kappa shape index (κ2) is 6.57. The van der Waals surface area contributed by atoms with E-state index in [1.54, 1.807) is 21.8 Å². The monoisotopic (exact) mass is 364 g/mol. The van der Waals surface area contributed by atoms with Crippen LogP contribution in [0.25, 0.3) is 0 Å². The average Bonchev–Trinajstić information content (AvgIpc) is 3.17. The van der Waals surface area contributed by atoms with Crippen LogP contribution in [0.15, 0.2) is 52.1 Å². The SMILES string of the molecule is O=S(=O)(c1cccs1)N1CCN2[C@@H](COC[C@@H]2c2ccccc2)C1. The summed E-state index contributed by atoms with van der Waals surface area (Å²) in [6.07, 6.45) is 0. The highest BCUT2D eigenvalue weighted by molar-refractivity contribution is 7.91. The maximum atomic E-state index is 12.8. The lowest BCUT2D eigenvalue weighted by atomic mass is 10.0. The molecule has 2 fully saturated rings. The smallest absolute Gasteiger partial charge is 0.252 e. The van der Waals surface area contributed by atoms with Gasteiger partial charge in [-0.2, -0.15) is 4.31 Å². The van der Waals surface area contributed by atoms with E-state index in [1.165, 1.54) is 16.9 Å². The average molecular weight is 364 g/mol. The van der Waals surface area contributed by atoms with Gasteiger partial charge in [0.1, 0.15) is 4.21 Å². The van der Waals surface area contributed by atoms with Crippen molar-refractivity contribution in [3.8, 4) is 0 Å². The van der Waals surface area contributed by atoms with E-state index in [1.807, 2.05) is 18.2 Å². The molecule has 1 aromatic heterocycles. The van der Waals surface area contributed by atoms with Crippen molar-refractivity contribution < 1.29 is 13.2 Å². The minimum Gasteiger partial charge on any atom is -0.378 e. The number of piperazine rings is 1. The summed E-state index contributed by atoms with van der Waals surface area (Å²) in [6.45, 7) is 3.00. The Morgan fingerprint density at radius 2 is 1.88 bits per heavy atom. The molecule has 0 saturated carbocycles. The molecule has 0 bridgehead atoms. The molecule has 2 aliphatic heterocycles. The molecule has 2 atom stereocenters. The molecule has 0 spiro atoms. The normalized spacial score (nSPS) is 26.2. The summed E-state index contributed by atoms with van der Waals surface area (Å²) < 4.78 is 33.3. The lowest BCUT2D eigenvalue weighted by molar-refractivity contribution is -0.0709. The largest absolute Gasteiger partial charge is 0.378 e. The highest BCUT2D eigenvalue weighted by Crippen LogP contribution is 2.31. The number of morpholine rings is 1. The molecule has 0 aliphatic carbocycles. The Bertz CT molecular complexity index is 777. The van der Waals surface area contributed by atoms with Crippen molar-refractivity contribution in [2.45, 2.75) is 16.3 Å². The van der Waals surface area contributed by atoms with E-state index >= 15 is 0 Å². The third-order valence-electron chi connectivity index (χ3n) is 4.75. The van der Waals surface area contributed by atoms with Crippen LogP contribution in [-0.4, -0.2) is 56.5 Å². The molecule has 2 aliphatic rings. The minimum absolute atomic E-state index is 0.104. The van der Waals surface area contributed by atoms with Crippen LogP contribution >= 0.6 is 11.3 Å². The van der Waals surface area contributed by atoms with Crippen molar-refractivity contribution in [2.75, 3.05) is 32.8 Å². The Morgan fingerprint density at radius 3 is 2.62 bits per heavy atom. The van der Waals surface area contributed by atoms with Crippen LogP contribution in [0.1, 0.15) is 11.6 Å². The van der Waals surface area contributed by atoms with Gasteiger partial charge in [0.25, 0.3) is 10.0 Å². The second-order valence-electron chi connectivity index (χ2n) is 6.15. The lowest BCUT2D eigenvalue weighted by Crippen LogP contribution is -2.59. The van der Waals surface area contributed by atoms with Gasteiger partial charge in [-0.3, -0.25) is 4.90 Å². The van der Waals surface area contributed by atoms with E-state index in [0.717, 1.165) is 6.54 Å². The molecule has 0 amide bonds. The van der Waals surface area contributed by atoms with Gasteiger partial charge in [-0.05, 0) is 17.0 Å². The molecule has 7 heteroatoms. The molecular formula is C17H20N2O3S2. The van der Waals surface area contributed by atoms with Gasteiger partial charge >= 0.3 is 0 Å². The molecule has 5 nitrogen and oxygen atoms in total. The number of hydrogen-bond acceptors (Lipinski definition) is 5. The van der Waals surface area contributed by atoms with E-state index in [2.05, 4.69) is 17.0 Å². The third-order valence-corrected chi connectivity index (χ3v) is 7.99. The van der Waals surface area contributed by atoms with Gasteiger partial charge in [-0.1, -0.05) is 36.4 Å². The summed E-state index contributed by atoms with van der Waals surface area (Å²) >= 11 is 1.28. The zero-order chi connectivity index (χ0) is 16.6. The van der Waals surface area contributed by atoms with Crippen molar-refractivity contribution in [2.24, 2.45) is 0 Å². The molecule has 128 valence electrons. The molecular weight excluding hydrogens is 344 g/mol. The van der Waals surface area contributed by atoms with Crippen LogP contribution in [0.2, 0.25) is 0 Å². The summed E-state index contributed by atoms with van der Waals surface area (Å²) in [6, 6.07) is 14.1. The van der Waals surface area contributed by atoms with Crippen LogP contribution in [0, 0.1) is 0 Å². The fourth-order valence-corrected chi connectivity index (χ4v) is 6.14. The molecule has 2 aromatic rings. The second-order valence-corrected chi connectivity index (χ2v) is 9.26. The van der Waals surface area contributed by atoms with Crippen molar-refractivity contribution in [1.82, 2.24) is 9.21 Å². The van der Waals surface area contributed by atoms with E-state index in [0.29, 0.717) is 30.5 Å². The number of benzene rings is 1. The standard InChI is InChI=1S/C17H20N2O3S2/c20-24(21,17-7-4-10-23-17)18-8-9-19-15(11-18)12-22-13-16(19)14-5-2-1-3-6-14/h1-7,10,15-16H,8-9,11-13H2/t15-,16-/m1/s1. The van der Waals surface area contributed by atoms with E-state index in [4.69, 9.17) is 4.74 Å². The van der Waals surface area contributed by atoms with Gasteiger partial charge in [0.2, 0.25) is 0 Å². The summed E-state index contributed by atoms with van der Waals surface area (Å²) in [7, 11) is -3.38. The van der Waals surface area contributed by atoms with Gasteiger partial charge in [-0.15, -0.1) is 11.3 Å². The Balaban J connectivity index is 1.54. The fourth-order valence-electron chi connectivity index (χ4n) is 3.53. The first-order valence-electron chi connectivity index (χ1n) is 8.08. The van der Waals surface area contributed by atoms with Crippen molar-refractivity contribution in [1.29, 1.82) is 0 Å². The zero-order valence-electron chi connectivity index (χ0n) is 13.2. The number of rotatable bonds is 3. The Morgan fingerprint density at radius 1 is 1.04 bits per heavy atom. The van der Waals surface area contributed by atoms with Gasteiger partial charge in [0, 0.05) is 25.7 Å². The molecule has 0 N–H and O–H groups in total. The van der Waals surface area contributed by atoms with E-state index < -0.39 is 10.0 Å². The van der Waals surface area contributed by atoms with E-state index in [-0.39, 0.29) is 12.1 Å². The summed E-state index contributed by atoms with van der Waals surface area (Å²) in [5, 5.41) is 1.80. The summed E-state index contributed by atoms with van der Waals surface area (Å²) in [5.41, 5.74) is 1.23. The minimum atomic E-state index is -3.38. The Hall–Kier alpha value is -1.25. The molecule has 4 rings (SSSR count). The van der Waals surface area contributed by atoms with Gasteiger partial charge < -0.3 is 4.74 Å². The first kappa shape index (κ1) is 16.2. The van der Waals surface area contributed by atoms with Crippen LogP contribution in [0.5, 0.6) is 0 Å². The molecule has 0 unspecified atom stereocenters. The Labute approximate surface area is 146 Å². The Kier molecular flexibility index (Phi) is 4.44. The molecule has 1 aromatic carbocycles. The highest BCUT2D eigenvalue weighted by Gasteiger charge is 2.40. The van der Waals surface area contributed by atoms with Crippen LogP contribution in [-0.2, 0) is 14.8 Å². The maximum absolute atomic E-state index is 12.8. The van der Waals surface area contributed by atoms with Crippen molar-refractivity contribution in [3.63, 3.8) is 0 Å². The van der Waals surface area contributed by atoms with Gasteiger partial charge in [-0.25, -0.2) is 8.42 Å². The first-order valence-corrected chi connectivity index (χ1v) is 10.4. The van der Waals surface area contributed by atoms with Crippen LogP contribution in [0.4, 0.5) is 0 Å². The topological polar surface area (TPSA) is 49.9 Å². The first-order chi connectivity index (χ1) is 11.7. The van der Waals surface area contributed by atoms with Crippen molar-refractivity contribution >= 4 is 21.4 Å². The number of sulfonamides is 1. The highest BCUT2D eigenvalue weighted by atomic mass is 32.2. The summed E-state index contributed by atoms with van der Waals surface area (Å²) in [5.74, 6) is 0. The van der Waals surface area contributed by atoms with Crippen LogP contribution in [0.3, 0.4) is 0 Å². The molecule has 3 heterocycles. The zero-order valence-corrected chi connectivity index (χ0v) is 14.9. The van der Waals surface area contributed by atoms with Gasteiger partial charge in [0.15, 0.2) is 0 Å². The fraction of sp³-hybridized carbons (Fsp3) is 0.412.